The van der Waals surface area contributed by atoms with Gasteiger partial charge in [-0.25, -0.2) is 0 Å². The maximum absolute atomic E-state index is 6.11. The molecule has 134 valence electrons. The minimum Gasteiger partial charge on any atom is -0.394 e. The van der Waals surface area contributed by atoms with Gasteiger partial charge in [0.25, 0.3) is 0 Å². The molecule has 8 heteroatoms. The van der Waals surface area contributed by atoms with E-state index in [1.54, 1.807) is 0 Å². The standard InChI is InChI=1S/C14H33IO5Si2/c1-6-16-21(12-11-15,17-7-2)13-14-22(18-8-3,19-9-4)20-10-5/h6-14H2,1-5H3. The lowest BCUT2D eigenvalue weighted by atomic mass is 10.9. The van der Waals surface area contributed by atoms with Gasteiger partial charge in [0.15, 0.2) is 0 Å². The van der Waals surface area contributed by atoms with E-state index in [0.29, 0.717) is 33.0 Å². The largest absolute Gasteiger partial charge is 0.500 e. The van der Waals surface area contributed by atoms with Crippen molar-refractivity contribution < 1.29 is 22.1 Å². The van der Waals surface area contributed by atoms with E-state index in [1.807, 2.05) is 34.6 Å². The normalized spacial score (nSPS) is 12.8. The Bertz CT molecular complexity index is 212. The summed E-state index contributed by atoms with van der Waals surface area (Å²) in [5, 5.41) is 0. The predicted octanol–water partition coefficient (Wildman–Crippen LogP) is 3.99. The van der Waals surface area contributed by atoms with Gasteiger partial charge in [0, 0.05) is 49.6 Å². The van der Waals surface area contributed by atoms with Crippen molar-refractivity contribution in [2.45, 2.75) is 52.8 Å². The molecule has 0 aliphatic rings. The predicted molar refractivity (Wildman–Crippen MR) is 103 cm³/mol. The Morgan fingerprint density at radius 3 is 1.32 bits per heavy atom. The summed E-state index contributed by atoms with van der Waals surface area (Å²) in [6.07, 6.45) is 0. The van der Waals surface area contributed by atoms with Crippen LogP contribution in [0, 0.1) is 0 Å². The van der Waals surface area contributed by atoms with Crippen LogP contribution in [0.5, 0.6) is 0 Å². The van der Waals surface area contributed by atoms with Crippen LogP contribution in [0.2, 0.25) is 18.1 Å². The van der Waals surface area contributed by atoms with E-state index in [9.17, 15) is 0 Å². The molecule has 0 aromatic heterocycles. The van der Waals surface area contributed by atoms with Crippen LogP contribution in [0.1, 0.15) is 34.6 Å². The molecular weight excluding hydrogens is 431 g/mol. The minimum atomic E-state index is -2.62. The van der Waals surface area contributed by atoms with Crippen molar-refractivity contribution in [3.05, 3.63) is 0 Å². The summed E-state index contributed by atoms with van der Waals surface area (Å²) in [5.41, 5.74) is 0. The third-order valence-corrected chi connectivity index (χ3v) is 12.0. The summed E-state index contributed by atoms with van der Waals surface area (Å²) < 4.78 is 31.1. The Balaban J connectivity index is 5.04. The van der Waals surface area contributed by atoms with Gasteiger partial charge >= 0.3 is 17.4 Å². The van der Waals surface area contributed by atoms with Crippen LogP contribution >= 0.6 is 22.6 Å². The Morgan fingerprint density at radius 2 is 1.00 bits per heavy atom. The molecule has 0 saturated heterocycles. The molecule has 0 bridgehead atoms. The Morgan fingerprint density at radius 1 is 0.591 bits per heavy atom. The van der Waals surface area contributed by atoms with Gasteiger partial charge in [-0.2, -0.15) is 0 Å². The van der Waals surface area contributed by atoms with E-state index in [1.165, 1.54) is 0 Å². The van der Waals surface area contributed by atoms with Gasteiger partial charge in [0.1, 0.15) is 0 Å². The molecule has 0 saturated carbocycles. The minimum absolute atomic E-state index is 0.607. The molecule has 0 atom stereocenters. The van der Waals surface area contributed by atoms with Crippen LogP contribution in [0.3, 0.4) is 0 Å². The van der Waals surface area contributed by atoms with Crippen molar-refractivity contribution >= 4 is 40.0 Å². The molecule has 0 unspecified atom stereocenters. The quantitative estimate of drug-likeness (QED) is 0.208. The first-order valence-electron chi connectivity index (χ1n) is 8.33. The molecule has 0 aliphatic carbocycles. The highest BCUT2D eigenvalue weighted by Gasteiger charge is 2.46. The lowest BCUT2D eigenvalue weighted by Crippen LogP contribution is -2.50. The zero-order chi connectivity index (χ0) is 16.9. The topological polar surface area (TPSA) is 46.2 Å². The molecular formula is C14H33IO5Si2. The maximum atomic E-state index is 6.11. The fourth-order valence-electron chi connectivity index (χ4n) is 2.47. The molecule has 22 heavy (non-hydrogen) atoms. The van der Waals surface area contributed by atoms with Crippen LogP contribution in [0.4, 0.5) is 0 Å². The second-order valence-electron chi connectivity index (χ2n) is 4.70. The smallest absolute Gasteiger partial charge is 0.394 e. The molecule has 0 fully saturated rings. The number of alkyl halides is 1. The summed E-state index contributed by atoms with van der Waals surface area (Å²) in [4.78, 5) is 0. The second kappa shape index (κ2) is 13.3. The molecule has 0 aromatic carbocycles. The number of halogens is 1. The van der Waals surface area contributed by atoms with E-state index in [0.717, 1.165) is 22.6 Å². The third-order valence-electron chi connectivity index (χ3n) is 3.20. The Hall–Kier alpha value is 0.964. The highest BCUT2D eigenvalue weighted by Crippen LogP contribution is 2.28. The van der Waals surface area contributed by atoms with Gasteiger partial charge in [-0.1, -0.05) is 22.6 Å². The molecule has 0 amide bonds. The molecule has 0 heterocycles. The van der Waals surface area contributed by atoms with Gasteiger partial charge in [-0.3, -0.25) is 0 Å². The Kier molecular flexibility index (Phi) is 13.9. The monoisotopic (exact) mass is 464 g/mol. The SMILES string of the molecule is CCO[Si](CCI)(CC[Si](OCC)(OCC)OCC)OCC. The Labute approximate surface area is 152 Å². The molecule has 0 spiro atoms. The van der Waals surface area contributed by atoms with Gasteiger partial charge in [0.05, 0.1) is 0 Å². The van der Waals surface area contributed by atoms with Gasteiger partial charge in [0.2, 0.25) is 0 Å². The van der Waals surface area contributed by atoms with Crippen molar-refractivity contribution in [3.63, 3.8) is 0 Å². The average Bonchev–Trinajstić information content (AvgIpc) is 2.47. The van der Waals surface area contributed by atoms with E-state index in [-0.39, 0.29) is 0 Å². The summed E-state index contributed by atoms with van der Waals surface area (Å²) in [6, 6.07) is 2.62. The molecule has 0 aromatic rings. The van der Waals surface area contributed by atoms with E-state index >= 15 is 0 Å². The highest BCUT2D eigenvalue weighted by molar-refractivity contribution is 14.1. The van der Waals surface area contributed by atoms with E-state index in [4.69, 9.17) is 22.1 Å². The summed E-state index contributed by atoms with van der Waals surface area (Å²) >= 11 is 2.39. The van der Waals surface area contributed by atoms with Crippen molar-refractivity contribution in [2.75, 3.05) is 37.5 Å². The van der Waals surface area contributed by atoms with E-state index < -0.39 is 17.4 Å². The third kappa shape index (κ3) is 8.18. The fourth-order valence-corrected chi connectivity index (χ4v) is 11.9. The van der Waals surface area contributed by atoms with Crippen LogP contribution in [0.15, 0.2) is 0 Å². The molecule has 0 radical (unpaired) electrons. The first-order valence-corrected chi connectivity index (χ1v) is 14.0. The number of hydrogen-bond acceptors (Lipinski definition) is 5. The first kappa shape index (κ1) is 23.0. The molecule has 0 N–H and O–H groups in total. The zero-order valence-corrected chi connectivity index (χ0v) is 18.9. The van der Waals surface area contributed by atoms with Gasteiger partial charge in [-0.05, 0) is 40.7 Å². The fraction of sp³-hybridized carbons (Fsp3) is 1.00. The average molecular weight is 464 g/mol. The van der Waals surface area contributed by atoms with Crippen LogP contribution in [-0.2, 0) is 22.1 Å². The highest BCUT2D eigenvalue weighted by atomic mass is 127. The van der Waals surface area contributed by atoms with Crippen LogP contribution in [-0.4, -0.2) is 54.8 Å². The molecule has 5 nitrogen and oxygen atoms in total. The molecule has 0 aliphatic heterocycles. The maximum Gasteiger partial charge on any atom is 0.500 e. The summed E-state index contributed by atoms with van der Waals surface area (Å²) in [7, 11) is -4.83. The van der Waals surface area contributed by atoms with E-state index in [2.05, 4.69) is 22.6 Å². The summed E-state index contributed by atoms with van der Waals surface area (Å²) in [5.74, 6) is 0. The van der Waals surface area contributed by atoms with Gasteiger partial charge in [-0.15, -0.1) is 0 Å². The second-order valence-corrected chi connectivity index (χ2v) is 11.9. The lowest BCUT2D eigenvalue weighted by molar-refractivity contribution is 0.0711. The first-order chi connectivity index (χ1) is 10.6. The zero-order valence-electron chi connectivity index (χ0n) is 14.8. The van der Waals surface area contributed by atoms with Gasteiger partial charge < -0.3 is 22.1 Å². The van der Waals surface area contributed by atoms with Crippen molar-refractivity contribution in [2.24, 2.45) is 0 Å². The molecule has 0 rings (SSSR count). The van der Waals surface area contributed by atoms with Crippen LogP contribution in [0.25, 0.3) is 0 Å². The lowest BCUT2D eigenvalue weighted by Gasteiger charge is -2.34. The van der Waals surface area contributed by atoms with Crippen LogP contribution < -0.4 is 0 Å². The summed E-state index contributed by atoms with van der Waals surface area (Å²) in [6.45, 7) is 13.2. The van der Waals surface area contributed by atoms with Crippen molar-refractivity contribution in [1.82, 2.24) is 0 Å². The van der Waals surface area contributed by atoms with Crippen molar-refractivity contribution in [1.29, 1.82) is 0 Å². The number of rotatable bonds is 15. The van der Waals surface area contributed by atoms with Crippen molar-refractivity contribution in [3.8, 4) is 0 Å². The number of hydrogen-bond donors (Lipinski definition) is 0.